The molecule has 0 radical (unpaired) electrons. The quantitative estimate of drug-likeness (QED) is 0.429. The number of ether oxygens (including phenoxy) is 1. The van der Waals surface area contributed by atoms with Gasteiger partial charge in [-0.05, 0) is 54.5 Å². The largest absolute Gasteiger partial charge is 0.494 e. The number of sulfonamides is 1. The lowest BCUT2D eigenvalue weighted by Crippen LogP contribution is -2.26. The minimum absolute atomic E-state index is 0.0360. The molecule has 0 saturated heterocycles. The van der Waals surface area contributed by atoms with Crippen LogP contribution < -0.4 is 9.46 Å². The molecule has 0 aliphatic carbocycles. The molecule has 0 bridgehead atoms. The number of aliphatic carboxylic acids is 1. The Morgan fingerprint density at radius 1 is 1.07 bits per heavy atom. The fraction of sp³-hybridized carbons (Fsp3) is 0.238. The van der Waals surface area contributed by atoms with E-state index in [4.69, 9.17) is 9.84 Å². The van der Waals surface area contributed by atoms with E-state index in [-0.39, 0.29) is 23.6 Å². The molecule has 0 atom stereocenters. The Labute approximate surface area is 170 Å². The predicted molar refractivity (Wildman–Crippen MR) is 109 cm³/mol. The van der Waals surface area contributed by atoms with Crippen LogP contribution in [0.3, 0.4) is 0 Å². The van der Waals surface area contributed by atoms with Crippen molar-refractivity contribution >= 4 is 27.9 Å². The van der Waals surface area contributed by atoms with Crippen LogP contribution in [-0.4, -0.2) is 38.4 Å². The third kappa shape index (κ3) is 7.17. The second-order valence-electron chi connectivity index (χ2n) is 6.18. The first-order chi connectivity index (χ1) is 13.8. The number of rotatable bonds is 11. The lowest BCUT2D eigenvalue weighted by Gasteiger charge is -2.06. The van der Waals surface area contributed by atoms with Gasteiger partial charge in [0.05, 0.1) is 17.9 Å². The number of allylic oxidation sites excluding steroid dienone is 1. The normalized spacial score (nSPS) is 11.5. The maximum Gasteiger partial charge on any atom is 0.304 e. The molecule has 0 amide bonds. The van der Waals surface area contributed by atoms with Crippen LogP contribution in [0.5, 0.6) is 5.75 Å². The van der Waals surface area contributed by atoms with E-state index >= 15 is 0 Å². The summed E-state index contributed by atoms with van der Waals surface area (Å²) in [5, 5.41) is 8.57. The molecule has 0 aromatic heterocycles. The maximum absolute atomic E-state index is 12.3. The van der Waals surface area contributed by atoms with Gasteiger partial charge in [-0.2, -0.15) is 0 Å². The van der Waals surface area contributed by atoms with E-state index in [1.807, 2.05) is 31.2 Å². The monoisotopic (exact) mass is 417 g/mol. The first kappa shape index (κ1) is 22.3. The van der Waals surface area contributed by atoms with Gasteiger partial charge in [0, 0.05) is 12.1 Å². The Balaban J connectivity index is 1.99. The standard InChI is InChI=1S/C21H23NO6S/c1-2-15-28-18-8-3-16(4-9-18)5-12-20(23)17-6-10-19(11-7-17)29(26,27)22-14-13-21(24)25/h3-12,22H,2,13-15H2,1H3,(H,24,25)/b12-5+. The lowest BCUT2D eigenvalue weighted by atomic mass is 10.1. The molecule has 2 aromatic rings. The van der Waals surface area contributed by atoms with Gasteiger partial charge in [0.1, 0.15) is 5.75 Å². The molecule has 0 unspecified atom stereocenters. The molecule has 7 nitrogen and oxygen atoms in total. The lowest BCUT2D eigenvalue weighted by molar-refractivity contribution is -0.136. The Kier molecular flexibility index (Phi) is 8.11. The summed E-state index contributed by atoms with van der Waals surface area (Å²) in [6.45, 7) is 2.47. The first-order valence-electron chi connectivity index (χ1n) is 9.08. The van der Waals surface area contributed by atoms with E-state index in [9.17, 15) is 18.0 Å². The minimum Gasteiger partial charge on any atom is -0.494 e. The van der Waals surface area contributed by atoms with Gasteiger partial charge in [-0.3, -0.25) is 9.59 Å². The van der Waals surface area contributed by atoms with Gasteiger partial charge in [0.2, 0.25) is 10.0 Å². The Morgan fingerprint density at radius 3 is 2.31 bits per heavy atom. The molecule has 29 heavy (non-hydrogen) atoms. The van der Waals surface area contributed by atoms with Crippen LogP contribution in [0.2, 0.25) is 0 Å². The summed E-state index contributed by atoms with van der Waals surface area (Å²) >= 11 is 0. The van der Waals surface area contributed by atoms with Crippen LogP contribution in [0.25, 0.3) is 6.08 Å². The van der Waals surface area contributed by atoms with Crippen LogP contribution in [0.15, 0.2) is 59.5 Å². The van der Waals surface area contributed by atoms with Crippen molar-refractivity contribution in [1.82, 2.24) is 4.72 Å². The fourth-order valence-electron chi connectivity index (χ4n) is 2.34. The van der Waals surface area contributed by atoms with Crippen LogP contribution >= 0.6 is 0 Å². The van der Waals surface area contributed by atoms with Crippen LogP contribution in [0.1, 0.15) is 35.7 Å². The Morgan fingerprint density at radius 2 is 1.72 bits per heavy atom. The second-order valence-corrected chi connectivity index (χ2v) is 7.95. The molecule has 2 rings (SSSR count). The molecule has 2 N–H and O–H groups in total. The smallest absolute Gasteiger partial charge is 0.304 e. The number of ketones is 1. The molecule has 0 saturated carbocycles. The van der Waals surface area contributed by atoms with E-state index in [2.05, 4.69) is 4.72 Å². The molecule has 0 heterocycles. The van der Waals surface area contributed by atoms with Crippen molar-refractivity contribution in [2.24, 2.45) is 0 Å². The van der Waals surface area contributed by atoms with Crippen molar-refractivity contribution < 1.29 is 27.9 Å². The summed E-state index contributed by atoms with van der Waals surface area (Å²) in [6, 6.07) is 12.8. The fourth-order valence-corrected chi connectivity index (χ4v) is 3.37. The van der Waals surface area contributed by atoms with Crippen LogP contribution in [-0.2, 0) is 14.8 Å². The second kappa shape index (κ2) is 10.5. The van der Waals surface area contributed by atoms with E-state index in [1.165, 1.54) is 30.3 Å². The molecule has 0 fully saturated rings. The molecule has 8 heteroatoms. The number of carbonyl (C=O) groups is 2. The molecule has 0 aliphatic rings. The zero-order valence-corrected chi connectivity index (χ0v) is 16.8. The highest BCUT2D eigenvalue weighted by atomic mass is 32.2. The summed E-state index contributed by atoms with van der Waals surface area (Å²) < 4.78 is 31.9. The van der Waals surface area contributed by atoms with Crippen molar-refractivity contribution in [3.05, 3.63) is 65.7 Å². The molecule has 0 aliphatic heterocycles. The van der Waals surface area contributed by atoms with Gasteiger partial charge in [-0.1, -0.05) is 25.1 Å². The highest BCUT2D eigenvalue weighted by Gasteiger charge is 2.14. The van der Waals surface area contributed by atoms with Crippen LogP contribution in [0, 0.1) is 0 Å². The zero-order chi connectivity index (χ0) is 21.3. The summed E-state index contributed by atoms with van der Waals surface area (Å²) in [6.07, 6.45) is 3.70. The van der Waals surface area contributed by atoms with Gasteiger partial charge < -0.3 is 9.84 Å². The van der Waals surface area contributed by atoms with E-state index in [0.717, 1.165) is 17.7 Å². The molecule has 2 aromatic carbocycles. The van der Waals surface area contributed by atoms with Crippen molar-refractivity contribution in [3.8, 4) is 5.75 Å². The van der Waals surface area contributed by atoms with Crippen molar-refractivity contribution in [2.45, 2.75) is 24.7 Å². The van der Waals surface area contributed by atoms with Gasteiger partial charge in [0.25, 0.3) is 0 Å². The van der Waals surface area contributed by atoms with Gasteiger partial charge in [-0.25, -0.2) is 13.1 Å². The number of nitrogens with one attached hydrogen (secondary N) is 1. The molecule has 0 spiro atoms. The average molecular weight is 417 g/mol. The first-order valence-corrected chi connectivity index (χ1v) is 10.6. The SMILES string of the molecule is CCCOc1ccc(/C=C/C(=O)c2ccc(S(=O)(=O)NCCC(=O)O)cc2)cc1. The number of carboxylic acids is 1. The summed E-state index contributed by atoms with van der Waals surface area (Å²) in [5.74, 6) is -0.591. The van der Waals surface area contributed by atoms with Gasteiger partial charge >= 0.3 is 5.97 Å². The summed E-state index contributed by atoms with van der Waals surface area (Å²) in [7, 11) is -3.82. The molecule has 154 valence electrons. The van der Waals surface area contributed by atoms with Crippen molar-refractivity contribution in [1.29, 1.82) is 0 Å². The molecular weight excluding hydrogens is 394 g/mol. The number of hydrogen-bond acceptors (Lipinski definition) is 5. The summed E-state index contributed by atoms with van der Waals surface area (Å²) in [5.41, 5.74) is 1.18. The predicted octanol–water partition coefficient (Wildman–Crippen LogP) is 3.12. The summed E-state index contributed by atoms with van der Waals surface area (Å²) in [4.78, 5) is 22.7. The molecular formula is C21H23NO6S. The Bertz CT molecular complexity index is 963. The highest BCUT2D eigenvalue weighted by Crippen LogP contribution is 2.15. The Hall–Kier alpha value is -2.97. The van der Waals surface area contributed by atoms with Gasteiger partial charge in [-0.15, -0.1) is 0 Å². The third-order valence-corrected chi connectivity index (χ3v) is 5.34. The zero-order valence-electron chi connectivity index (χ0n) is 16.0. The number of hydrogen-bond donors (Lipinski definition) is 2. The number of benzene rings is 2. The van der Waals surface area contributed by atoms with E-state index in [0.29, 0.717) is 12.2 Å². The van der Waals surface area contributed by atoms with Crippen molar-refractivity contribution in [3.63, 3.8) is 0 Å². The van der Waals surface area contributed by atoms with Crippen molar-refractivity contribution in [2.75, 3.05) is 13.2 Å². The van der Waals surface area contributed by atoms with Crippen LogP contribution in [0.4, 0.5) is 0 Å². The third-order valence-electron chi connectivity index (χ3n) is 3.86. The average Bonchev–Trinajstić information content (AvgIpc) is 2.71. The van der Waals surface area contributed by atoms with Gasteiger partial charge in [0.15, 0.2) is 5.78 Å². The minimum atomic E-state index is -3.82. The topological polar surface area (TPSA) is 110 Å². The van der Waals surface area contributed by atoms with E-state index in [1.54, 1.807) is 6.08 Å². The highest BCUT2D eigenvalue weighted by molar-refractivity contribution is 7.89. The number of carbonyl (C=O) groups excluding carboxylic acids is 1. The number of carboxylic acid groups (broad SMARTS) is 1. The van der Waals surface area contributed by atoms with E-state index < -0.39 is 16.0 Å². The maximum atomic E-state index is 12.3.